The summed E-state index contributed by atoms with van der Waals surface area (Å²) < 4.78 is 2.01. The maximum absolute atomic E-state index is 12.4. The number of aromatic nitrogens is 5. The lowest BCUT2D eigenvalue weighted by atomic mass is 10.0. The van der Waals surface area contributed by atoms with E-state index in [4.69, 9.17) is 0 Å². The van der Waals surface area contributed by atoms with Crippen LogP contribution in [0.1, 0.15) is 25.3 Å². The van der Waals surface area contributed by atoms with E-state index in [2.05, 4.69) is 51.5 Å². The highest BCUT2D eigenvalue weighted by Gasteiger charge is 2.20. The number of benzene rings is 1. The number of nitrogens with one attached hydrogen (secondary N) is 1. The van der Waals surface area contributed by atoms with Gasteiger partial charge in [0.05, 0.1) is 11.4 Å². The number of thioether (sulfide) groups is 1. The molecule has 152 valence electrons. The van der Waals surface area contributed by atoms with E-state index >= 15 is 0 Å². The van der Waals surface area contributed by atoms with Crippen LogP contribution >= 0.6 is 23.1 Å². The third-order valence-electron chi connectivity index (χ3n) is 4.36. The van der Waals surface area contributed by atoms with Gasteiger partial charge < -0.3 is 5.32 Å². The van der Waals surface area contributed by atoms with E-state index in [0.29, 0.717) is 22.0 Å². The Morgan fingerprint density at radius 1 is 1.17 bits per heavy atom. The standard InChI is InChI=1S/C21H20N6OS2/c1-14(2)16-7-3-4-8-17(16)27-19(15-6-5-9-22-12-15)25-26-21(27)30-13-18(28)24-20-23-10-11-29-20/h3-12,14H,13H2,1-2H3,(H,23,24,28). The molecule has 9 heteroatoms. The Labute approximate surface area is 182 Å². The third-order valence-corrected chi connectivity index (χ3v) is 5.98. The highest BCUT2D eigenvalue weighted by Crippen LogP contribution is 2.31. The molecule has 0 saturated heterocycles. The monoisotopic (exact) mass is 436 g/mol. The second-order valence-corrected chi connectivity index (χ2v) is 8.61. The van der Waals surface area contributed by atoms with Crippen LogP contribution in [0, 0.1) is 0 Å². The molecule has 1 amide bonds. The van der Waals surface area contributed by atoms with E-state index in [1.54, 1.807) is 18.6 Å². The van der Waals surface area contributed by atoms with Crippen molar-refractivity contribution in [3.05, 3.63) is 65.9 Å². The fourth-order valence-corrected chi connectivity index (χ4v) is 4.30. The summed E-state index contributed by atoms with van der Waals surface area (Å²) in [6.45, 7) is 4.31. The van der Waals surface area contributed by atoms with Crippen molar-refractivity contribution in [2.24, 2.45) is 0 Å². The van der Waals surface area contributed by atoms with Gasteiger partial charge in [0, 0.05) is 29.5 Å². The summed E-state index contributed by atoms with van der Waals surface area (Å²) in [4.78, 5) is 20.7. The van der Waals surface area contributed by atoms with Gasteiger partial charge in [0.1, 0.15) is 0 Å². The van der Waals surface area contributed by atoms with E-state index in [0.717, 1.165) is 11.3 Å². The molecule has 0 atom stereocenters. The van der Waals surface area contributed by atoms with Gasteiger partial charge in [-0.1, -0.05) is 43.8 Å². The highest BCUT2D eigenvalue weighted by molar-refractivity contribution is 7.99. The van der Waals surface area contributed by atoms with E-state index in [1.807, 2.05) is 34.2 Å². The summed E-state index contributed by atoms with van der Waals surface area (Å²) in [5.74, 6) is 1.08. The molecule has 0 aliphatic heterocycles. The Kier molecular flexibility index (Phi) is 6.20. The van der Waals surface area contributed by atoms with Crippen LogP contribution in [0.15, 0.2) is 65.5 Å². The molecule has 0 aliphatic carbocycles. The summed E-state index contributed by atoms with van der Waals surface area (Å²) in [7, 11) is 0. The van der Waals surface area contributed by atoms with E-state index in [9.17, 15) is 4.79 Å². The average molecular weight is 437 g/mol. The van der Waals surface area contributed by atoms with Gasteiger partial charge >= 0.3 is 0 Å². The number of hydrogen-bond acceptors (Lipinski definition) is 7. The largest absolute Gasteiger partial charge is 0.301 e. The average Bonchev–Trinajstić information content (AvgIpc) is 3.42. The van der Waals surface area contributed by atoms with Gasteiger partial charge in [-0.3, -0.25) is 14.3 Å². The Morgan fingerprint density at radius 2 is 2.03 bits per heavy atom. The molecule has 4 rings (SSSR count). The molecule has 4 aromatic rings. The number of amides is 1. The normalized spacial score (nSPS) is 11.0. The minimum atomic E-state index is -0.135. The SMILES string of the molecule is CC(C)c1ccccc1-n1c(SCC(=O)Nc2nccs2)nnc1-c1cccnc1. The number of nitrogens with zero attached hydrogens (tertiary/aromatic N) is 5. The van der Waals surface area contributed by atoms with Crippen molar-refractivity contribution in [3.63, 3.8) is 0 Å². The predicted octanol–water partition coefficient (Wildman–Crippen LogP) is 4.64. The number of thiazole rings is 1. The summed E-state index contributed by atoms with van der Waals surface area (Å²) in [6, 6.07) is 12.0. The van der Waals surface area contributed by atoms with Crippen molar-refractivity contribution in [3.8, 4) is 17.1 Å². The van der Waals surface area contributed by atoms with Crippen LogP contribution < -0.4 is 5.32 Å². The predicted molar refractivity (Wildman–Crippen MR) is 120 cm³/mol. The first-order valence-corrected chi connectivity index (χ1v) is 11.3. The molecule has 0 unspecified atom stereocenters. The van der Waals surface area contributed by atoms with Crippen LogP contribution in [0.5, 0.6) is 0 Å². The van der Waals surface area contributed by atoms with Crippen LogP contribution in [0.25, 0.3) is 17.1 Å². The zero-order chi connectivity index (χ0) is 20.9. The highest BCUT2D eigenvalue weighted by atomic mass is 32.2. The number of pyridine rings is 1. The third kappa shape index (κ3) is 4.42. The number of carbonyl (C=O) groups excluding carboxylic acids is 1. The lowest BCUT2D eigenvalue weighted by molar-refractivity contribution is -0.113. The first kappa shape index (κ1) is 20.2. The molecule has 0 aliphatic rings. The van der Waals surface area contributed by atoms with Gasteiger partial charge in [-0.25, -0.2) is 4.98 Å². The first-order valence-electron chi connectivity index (χ1n) is 9.40. The zero-order valence-electron chi connectivity index (χ0n) is 16.5. The Hall–Kier alpha value is -3.04. The molecule has 0 spiro atoms. The fraction of sp³-hybridized carbons (Fsp3) is 0.190. The number of anilines is 1. The second kappa shape index (κ2) is 9.19. The zero-order valence-corrected chi connectivity index (χ0v) is 18.2. The minimum absolute atomic E-state index is 0.135. The lowest BCUT2D eigenvalue weighted by Crippen LogP contribution is -2.14. The Bertz CT molecular complexity index is 1130. The van der Waals surface area contributed by atoms with Gasteiger partial charge in [0.25, 0.3) is 0 Å². The van der Waals surface area contributed by atoms with Crippen LogP contribution in [-0.2, 0) is 4.79 Å². The van der Waals surface area contributed by atoms with Crippen molar-refractivity contribution < 1.29 is 4.79 Å². The van der Waals surface area contributed by atoms with Crippen LogP contribution in [0.2, 0.25) is 0 Å². The van der Waals surface area contributed by atoms with Crippen LogP contribution in [-0.4, -0.2) is 36.4 Å². The number of para-hydroxylation sites is 1. The van der Waals surface area contributed by atoms with E-state index < -0.39 is 0 Å². The first-order chi connectivity index (χ1) is 14.6. The molecular weight excluding hydrogens is 416 g/mol. The van der Waals surface area contributed by atoms with Crippen molar-refractivity contribution in [1.82, 2.24) is 24.7 Å². The maximum Gasteiger partial charge on any atom is 0.236 e. The molecule has 7 nitrogen and oxygen atoms in total. The fourth-order valence-electron chi connectivity index (χ4n) is 3.01. The van der Waals surface area contributed by atoms with E-state index in [-0.39, 0.29) is 11.7 Å². The van der Waals surface area contributed by atoms with E-state index in [1.165, 1.54) is 28.7 Å². The smallest absolute Gasteiger partial charge is 0.236 e. The van der Waals surface area contributed by atoms with Crippen molar-refractivity contribution in [2.75, 3.05) is 11.1 Å². The second-order valence-electron chi connectivity index (χ2n) is 6.77. The van der Waals surface area contributed by atoms with Gasteiger partial charge in [-0.05, 0) is 29.7 Å². The molecule has 3 aromatic heterocycles. The molecule has 0 saturated carbocycles. The summed E-state index contributed by atoms with van der Waals surface area (Å²) >= 11 is 2.73. The maximum atomic E-state index is 12.4. The molecule has 0 radical (unpaired) electrons. The molecule has 0 fully saturated rings. The summed E-state index contributed by atoms with van der Waals surface area (Å²) in [5, 5.41) is 14.7. The summed E-state index contributed by atoms with van der Waals surface area (Å²) in [6.07, 6.45) is 5.15. The van der Waals surface area contributed by atoms with Gasteiger partial charge in [0.2, 0.25) is 5.91 Å². The number of rotatable bonds is 7. The topological polar surface area (TPSA) is 85.6 Å². The Balaban J connectivity index is 1.69. The molecule has 1 N–H and O–H groups in total. The quantitative estimate of drug-likeness (QED) is 0.425. The van der Waals surface area contributed by atoms with Gasteiger partial charge in [-0.2, -0.15) is 0 Å². The van der Waals surface area contributed by atoms with Crippen molar-refractivity contribution in [2.45, 2.75) is 24.9 Å². The lowest BCUT2D eigenvalue weighted by Gasteiger charge is -2.16. The Morgan fingerprint density at radius 3 is 2.77 bits per heavy atom. The molecule has 30 heavy (non-hydrogen) atoms. The van der Waals surface area contributed by atoms with Crippen molar-refractivity contribution in [1.29, 1.82) is 0 Å². The van der Waals surface area contributed by atoms with Crippen LogP contribution in [0.4, 0.5) is 5.13 Å². The molecule has 3 heterocycles. The molecule has 1 aromatic carbocycles. The number of carbonyl (C=O) groups is 1. The number of hydrogen-bond donors (Lipinski definition) is 1. The van der Waals surface area contributed by atoms with Crippen molar-refractivity contribution >= 4 is 34.1 Å². The van der Waals surface area contributed by atoms with Gasteiger partial charge in [0.15, 0.2) is 16.1 Å². The summed E-state index contributed by atoms with van der Waals surface area (Å²) in [5.41, 5.74) is 3.04. The minimum Gasteiger partial charge on any atom is -0.301 e. The molecular formula is C21H20N6OS2. The molecule has 0 bridgehead atoms. The van der Waals surface area contributed by atoms with Crippen LogP contribution in [0.3, 0.4) is 0 Å². The van der Waals surface area contributed by atoms with Gasteiger partial charge in [-0.15, -0.1) is 21.5 Å².